The van der Waals surface area contributed by atoms with Crippen LogP contribution in [0.25, 0.3) is 10.9 Å². The maximum atomic E-state index is 12.5. The van der Waals surface area contributed by atoms with Gasteiger partial charge in [0.1, 0.15) is 17.2 Å². The lowest BCUT2D eigenvalue weighted by molar-refractivity contribution is 0.249. The van der Waals surface area contributed by atoms with Gasteiger partial charge in [0.05, 0.1) is 32.9 Å². The molecule has 0 saturated carbocycles. The molecule has 8 nitrogen and oxygen atoms in total. The Morgan fingerprint density at radius 2 is 1.57 bits per heavy atom. The van der Waals surface area contributed by atoms with E-state index >= 15 is 0 Å². The largest absolute Gasteiger partial charge is 0.497 e. The summed E-state index contributed by atoms with van der Waals surface area (Å²) in [5.74, 6) is 3.17. The Labute approximate surface area is 203 Å². The predicted molar refractivity (Wildman–Crippen MR) is 135 cm³/mol. The van der Waals surface area contributed by atoms with Crippen LogP contribution in [0.4, 0.5) is 10.5 Å². The second kappa shape index (κ2) is 10.6. The topological polar surface area (TPSA) is 90.9 Å². The second-order valence-corrected chi connectivity index (χ2v) is 7.76. The maximum absolute atomic E-state index is 12.5. The van der Waals surface area contributed by atoms with E-state index in [1.54, 1.807) is 63.9 Å². The van der Waals surface area contributed by atoms with Gasteiger partial charge in [0, 0.05) is 23.3 Å². The van der Waals surface area contributed by atoms with Gasteiger partial charge in [-0.25, -0.2) is 4.79 Å². The Morgan fingerprint density at radius 3 is 2.29 bits per heavy atom. The van der Waals surface area contributed by atoms with Crippen molar-refractivity contribution in [2.24, 2.45) is 0 Å². The third-order valence-electron chi connectivity index (χ3n) is 5.49. The molecule has 0 bridgehead atoms. The number of carbonyl (C=O) groups excluding carboxylic acids is 1. The van der Waals surface area contributed by atoms with Gasteiger partial charge in [0.2, 0.25) is 0 Å². The number of nitrogens with one attached hydrogen (secondary N) is 2. The number of pyridine rings is 1. The molecule has 8 heteroatoms. The van der Waals surface area contributed by atoms with E-state index in [1.807, 2.05) is 37.3 Å². The lowest BCUT2D eigenvalue weighted by Crippen LogP contribution is -2.31. The Hall–Kier alpha value is -4.46. The number of ether oxygens (including phenoxy) is 4. The van der Waals surface area contributed by atoms with Crippen molar-refractivity contribution in [3.8, 4) is 28.7 Å². The number of hydrogen-bond donors (Lipinski definition) is 2. The third kappa shape index (κ3) is 5.55. The van der Waals surface area contributed by atoms with Crippen molar-refractivity contribution in [3.05, 3.63) is 78.5 Å². The first kappa shape index (κ1) is 23.7. The highest BCUT2D eigenvalue weighted by molar-refractivity contribution is 5.90. The van der Waals surface area contributed by atoms with E-state index < -0.39 is 0 Å². The summed E-state index contributed by atoms with van der Waals surface area (Å²) in [5, 5.41) is 6.56. The lowest BCUT2D eigenvalue weighted by Gasteiger charge is -2.16. The van der Waals surface area contributed by atoms with Gasteiger partial charge in [0.15, 0.2) is 11.5 Å². The zero-order chi connectivity index (χ0) is 24.8. The van der Waals surface area contributed by atoms with Crippen LogP contribution >= 0.6 is 0 Å². The molecule has 0 aliphatic rings. The van der Waals surface area contributed by atoms with Gasteiger partial charge in [-0.15, -0.1) is 0 Å². The van der Waals surface area contributed by atoms with Gasteiger partial charge in [-0.1, -0.05) is 12.1 Å². The summed E-state index contributed by atoms with van der Waals surface area (Å²) in [6, 6.07) is 19.6. The minimum atomic E-state index is -0.310. The molecule has 0 aliphatic carbocycles. The number of urea groups is 1. The van der Waals surface area contributed by atoms with Crippen LogP contribution in [-0.2, 0) is 0 Å². The van der Waals surface area contributed by atoms with Crippen molar-refractivity contribution in [2.75, 3.05) is 26.6 Å². The minimum absolute atomic E-state index is 0.191. The fourth-order valence-electron chi connectivity index (χ4n) is 3.63. The molecule has 0 spiro atoms. The average Bonchev–Trinajstić information content (AvgIpc) is 2.89. The summed E-state index contributed by atoms with van der Waals surface area (Å²) in [6.45, 7) is 1.91. The van der Waals surface area contributed by atoms with Crippen LogP contribution < -0.4 is 29.6 Å². The lowest BCUT2D eigenvalue weighted by atomic mass is 10.1. The van der Waals surface area contributed by atoms with Crippen LogP contribution in [0.5, 0.6) is 28.7 Å². The first-order valence-electron chi connectivity index (χ1n) is 11.0. The Kier molecular flexibility index (Phi) is 7.21. The molecule has 2 N–H and O–H groups in total. The molecule has 35 heavy (non-hydrogen) atoms. The monoisotopic (exact) mass is 473 g/mol. The summed E-state index contributed by atoms with van der Waals surface area (Å²) < 4.78 is 22.1. The second-order valence-electron chi connectivity index (χ2n) is 7.76. The van der Waals surface area contributed by atoms with Crippen LogP contribution in [-0.4, -0.2) is 32.3 Å². The number of nitrogens with zero attached hydrogens (tertiary/aromatic N) is 1. The molecule has 4 aromatic rings. The number of aromatic nitrogens is 1. The molecule has 180 valence electrons. The SMILES string of the molecule is COc1cccc([C@@H](C)NC(=O)Nc2ccc(Oc3ccnc4cc(OC)c(OC)cc34)cc2)c1. The molecule has 0 fully saturated rings. The highest BCUT2D eigenvalue weighted by Gasteiger charge is 2.13. The number of methoxy groups -OCH3 is 3. The molecule has 4 rings (SSSR count). The van der Waals surface area contributed by atoms with Gasteiger partial charge in [0.25, 0.3) is 0 Å². The Morgan fingerprint density at radius 1 is 0.829 bits per heavy atom. The first-order valence-corrected chi connectivity index (χ1v) is 11.0. The van der Waals surface area contributed by atoms with Gasteiger partial charge >= 0.3 is 6.03 Å². The molecule has 0 aliphatic heterocycles. The number of amides is 2. The smallest absolute Gasteiger partial charge is 0.319 e. The summed E-state index contributed by atoms with van der Waals surface area (Å²) in [5.41, 5.74) is 2.31. The first-order chi connectivity index (χ1) is 17.0. The predicted octanol–water partition coefficient (Wildman–Crippen LogP) is 5.94. The molecule has 3 aromatic carbocycles. The zero-order valence-corrected chi connectivity index (χ0v) is 20.0. The van der Waals surface area contributed by atoms with Crippen LogP contribution in [0.3, 0.4) is 0 Å². The number of rotatable bonds is 8. The van der Waals surface area contributed by atoms with Crippen molar-refractivity contribution >= 4 is 22.6 Å². The van der Waals surface area contributed by atoms with Crippen LogP contribution in [0, 0.1) is 0 Å². The van der Waals surface area contributed by atoms with E-state index in [4.69, 9.17) is 18.9 Å². The Balaban J connectivity index is 1.43. The van der Waals surface area contributed by atoms with Gasteiger partial charge in [-0.3, -0.25) is 4.98 Å². The van der Waals surface area contributed by atoms with Crippen molar-refractivity contribution in [1.82, 2.24) is 10.3 Å². The highest BCUT2D eigenvalue weighted by atomic mass is 16.5. The summed E-state index contributed by atoms with van der Waals surface area (Å²) in [4.78, 5) is 16.9. The summed E-state index contributed by atoms with van der Waals surface area (Å²) in [7, 11) is 4.78. The molecule has 0 saturated heterocycles. The van der Waals surface area contributed by atoms with Crippen molar-refractivity contribution in [3.63, 3.8) is 0 Å². The van der Waals surface area contributed by atoms with Gasteiger partial charge < -0.3 is 29.6 Å². The summed E-state index contributed by atoms with van der Waals surface area (Å²) >= 11 is 0. The molecule has 1 atom stereocenters. The van der Waals surface area contributed by atoms with Crippen molar-refractivity contribution < 1.29 is 23.7 Å². The average molecular weight is 474 g/mol. The van der Waals surface area contributed by atoms with Crippen molar-refractivity contribution in [2.45, 2.75) is 13.0 Å². The molecule has 1 aromatic heterocycles. The van der Waals surface area contributed by atoms with Gasteiger partial charge in [-0.05, 0) is 61.0 Å². The number of benzene rings is 3. The van der Waals surface area contributed by atoms with E-state index in [1.165, 1.54) is 0 Å². The van der Waals surface area contributed by atoms with E-state index in [0.717, 1.165) is 22.2 Å². The normalized spacial score (nSPS) is 11.4. The molecule has 0 unspecified atom stereocenters. The van der Waals surface area contributed by atoms with Crippen LogP contribution in [0.2, 0.25) is 0 Å². The highest BCUT2D eigenvalue weighted by Crippen LogP contribution is 2.37. The van der Waals surface area contributed by atoms with E-state index in [0.29, 0.717) is 28.7 Å². The third-order valence-corrected chi connectivity index (χ3v) is 5.49. The number of fused-ring (bicyclic) bond motifs is 1. The zero-order valence-electron chi connectivity index (χ0n) is 20.0. The van der Waals surface area contributed by atoms with E-state index in [9.17, 15) is 4.79 Å². The molecule has 2 amide bonds. The van der Waals surface area contributed by atoms with Gasteiger partial charge in [-0.2, -0.15) is 0 Å². The van der Waals surface area contributed by atoms with E-state index in [-0.39, 0.29) is 12.1 Å². The molecule has 1 heterocycles. The number of carbonyl (C=O) groups is 1. The minimum Gasteiger partial charge on any atom is -0.497 e. The standard InChI is InChI=1S/C27H27N3O5/c1-17(18-6-5-7-21(14-18)32-2)29-27(31)30-19-8-10-20(11-9-19)35-24-12-13-28-23-16-26(34-4)25(33-3)15-22(23)24/h5-17H,1-4H3,(H2,29,30,31)/t17-/m1/s1. The quantitative estimate of drug-likeness (QED) is 0.329. The Bertz CT molecular complexity index is 1320. The molecular formula is C27H27N3O5. The van der Waals surface area contributed by atoms with E-state index in [2.05, 4.69) is 15.6 Å². The number of anilines is 1. The fourth-order valence-corrected chi connectivity index (χ4v) is 3.63. The van der Waals surface area contributed by atoms with Crippen LogP contribution in [0.1, 0.15) is 18.5 Å². The number of hydrogen-bond acceptors (Lipinski definition) is 6. The molecule has 0 radical (unpaired) electrons. The summed E-state index contributed by atoms with van der Waals surface area (Å²) in [6.07, 6.45) is 1.67. The maximum Gasteiger partial charge on any atom is 0.319 e. The van der Waals surface area contributed by atoms with Crippen LogP contribution in [0.15, 0.2) is 72.9 Å². The molecular weight excluding hydrogens is 446 g/mol. The fraction of sp³-hybridized carbons (Fsp3) is 0.185. The van der Waals surface area contributed by atoms with Crippen molar-refractivity contribution in [1.29, 1.82) is 0 Å².